The predicted molar refractivity (Wildman–Crippen MR) is 88.9 cm³/mol. The summed E-state index contributed by atoms with van der Waals surface area (Å²) in [5.74, 6) is -1.48. The average Bonchev–Trinajstić information content (AvgIpc) is 2.09. The number of Topliss-reactive ketones (excluding diaryl/α,β-unsaturated/α-hetero) is 1. The molecular weight excluding hydrogens is 514 g/mol. The first-order valence-corrected chi connectivity index (χ1v) is 8.26. The minimum Gasteiger partial charge on any atom is -0.293 e. The molecule has 114 valence electrons. The van der Waals surface area contributed by atoms with Crippen LogP contribution in [0.25, 0.3) is 0 Å². The van der Waals surface area contributed by atoms with Gasteiger partial charge in [0, 0.05) is 0 Å². The van der Waals surface area contributed by atoms with E-state index in [0.717, 1.165) is 0 Å². The number of hydrogen-bond acceptors (Lipinski definition) is 1. The summed E-state index contributed by atoms with van der Waals surface area (Å²) in [6, 6.07) is 0. The molecule has 13 heteroatoms. The summed E-state index contributed by atoms with van der Waals surface area (Å²) in [6.07, 6.45) is 0. The molecule has 0 bridgehead atoms. The molecule has 0 aromatic rings. The maximum atomic E-state index is 12.1. The van der Waals surface area contributed by atoms with Gasteiger partial charge in [-0.25, -0.2) is 0 Å². The van der Waals surface area contributed by atoms with Crippen molar-refractivity contribution in [3.8, 4) is 0 Å². The third kappa shape index (κ3) is 4.37. The molecule has 0 aromatic carbocycles. The van der Waals surface area contributed by atoms with E-state index in [1.807, 2.05) is 0 Å². The number of alkyl halides is 12. The minimum atomic E-state index is -2.87. The van der Waals surface area contributed by atoms with Gasteiger partial charge in [0.1, 0.15) is 0 Å². The topological polar surface area (TPSA) is 17.1 Å². The largest absolute Gasteiger partial charge is 0.293 e. The second kappa shape index (κ2) is 6.57. The van der Waals surface area contributed by atoms with Gasteiger partial charge in [-0.05, 0) is 0 Å². The lowest BCUT2D eigenvalue weighted by Gasteiger charge is -2.45. The fourth-order valence-corrected chi connectivity index (χ4v) is 3.69. The van der Waals surface area contributed by atoms with E-state index in [1.165, 1.54) is 0 Å². The van der Waals surface area contributed by atoms with Gasteiger partial charge in [-0.1, -0.05) is 128 Å². The summed E-state index contributed by atoms with van der Waals surface area (Å²) < 4.78 is -10.6. The van der Waals surface area contributed by atoms with Crippen molar-refractivity contribution in [2.45, 2.75) is 20.6 Å². The molecule has 0 aromatic heterocycles. The number of hydrogen-bond donors (Lipinski definition) is 0. The van der Waals surface area contributed by atoms with Gasteiger partial charge in [-0.15, -0.1) is 11.6 Å². The molecular formula is C6Cl12O. The van der Waals surface area contributed by atoms with Crippen LogP contribution >= 0.6 is 139 Å². The first-order chi connectivity index (χ1) is 7.90. The summed E-state index contributed by atoms with van der Waals surface area (Å²) in [7, 11) is 0. The van der Waals surface area contributed by atoms with Crippen LogP contribution in [0.15, 0.2) is 0 Å². The lowest BCUT2D eigenvalue weighted by molar-refractivity contribution is -0.121. The van der Waals surface area contributed by atoms with Crippen molar-refractivity contribution in [2.75, 3.05) is 0 Å². The molecule has 0 rings (SSSR count). The first kappa shape index (κ1) is 22.1. The number of carbonyl (C=O) groups excluding carboxylic acids is 1. The fraction of sp³-hybridized carbons (Fsp3) is 0.833. The summed E-state index contributed by atoms with van der Waals surface area (Å²) in [6.45, 7) is 0. The Morgan fingerprint density at radius 2 is 0.895 bits per heavy atom. The second-order valence-corrected chi connectivity index (χ2v) is 11.8. The van der Waals surface area contributed by atoms with Crippen LogP contribution in [0.3, 0.4) is 0 Å². The quantitative estimate of drug-likeness (QED) is 0.371. The Labute approximate surface area is 168 Å². The van der Waals surface area contributed by atoms with Crippen LogP contribution in [0.2, 0.25) is 0 Å². The first-order valence-electron chi connectivity index (χ1n) is 3.72. The van der Waals surface area contributed by atoms with Gasteiger partial charge < -0.3 is 0 Å². The van der Waals surface area contributed by atoms with Gasteiger partial charge in [0.15, 0.2) is 9.21 Å². The van der Waals surface area contributed by atoms with E-state index in [-0.39, 0.29) is 0 Å². The highest BCUT2D eigenvalue weighted by molar-refractivity contribution is 6.85. The van der Waals surface area contributed by atoms with Crippen molar-refractivity contribution in [3.63, 3.8) is 0 Å². The van der Waals surface area contributed by atoms with Crippen LogP contribution in [0.5, 0.6) is 0 Å². The molecule has 0 fully saturated rings. The van der Waals surface area contributed by atoms with Crippen LogP contribution in [0.4, 0.5) is 0 Å². The Morgan fingerprint density at radius 3 is 1.05 bits per heavy atom. The number of halogens is 12. The highest BCUT2D eigenvalue weighted by atomic mass is 35.6. The summed E-state index contributed by atoms with van der Waals surface area (Å²) in [5, 5.41) is 0. The van der Waals surface area contributed by atoms with Gasteiger partial charge in [-0.3, -0.25) is 4.79 Å². The zero-order valence-corrected chi connectivity index (χ0v) is 17.0. The van der Waals surface area contributed by atoms with E-state index in [4.69, 9.17) is 139 Å². The molecule has 1 nitrogen and oxygen atoms in total. The minimum absolute atomic E-state index is 1.48. The summed E-state index contributed by atoms with van der Waals surface area (Å²) in [4.78, 5) is 9.23. The Kier molecular flexibility index (Phi) is 7.66. The Balaban J connectivity index is 6.23. The molecule has 19 heavy (non-hydrogen) atoms. The van der Waals surface area contributed by atoms with Crippen molar-refractivity contribution in [2.24, 2.45) is 0 Å². The van der Waals surface area contributed by atoms with Crippen molar-refractivity contribution in [1.29, 1.82) is 0 Å². The van der Waals surface area contributed by atoms with Gasteiger partial charge in [0.05, 0.1) is 0 Å². The molecule has 0 aliphatic carbocycles. The van der Waals surface area contributed by atoms with Crippen LogP contribution < -0.4 is 0 Å². The van der Waals surface area contributed by atoms with Crippen LogP contribution in [-0.2, 0) is 4.79 Å². The molecule has 0 N–H and O–H groups in total. The van der Waals surface area contributed by atoms with Crippen LogP contribution in [-0.4, -0.2) is 26.4 Å². The normalized spacial score (nSPS) is 18.1. The molecule has 0 aliphatic heterocycles. The lowest BCUT2D eigenvalue weighted by Crippen LogP contribution is -2.65. The van der Waals surface area contributed by atoms with Crippen LogP contribution in [0.1, 0.15) is 0 Å². The zero-order chi connectivity index (χ0) is 16.1. The molecule has 0 saturated carbocycles. The molecule has 0 amide bonds. The van der Waals surface area contributed by atoms with Crippen molar-refractivity contribution >= 4 is 145 Å². The van der Waals surface area contributed by atoms with Gasteiger partial charge in [-0.2, -0.15) is 0 Å². The van der Waals surface area contributed by atoms with E-state index < -0.39 is 26.4 Å². The molecule has 0 radical (unpaired) electrons. The van der Waals surface area contributed by atoms with Gasteiger partial charge in [0.2, 0.25) is 13.4 Å². The zero-order valence-electron chi connectivity index (χ0n) is 7.94. The van der Waals surface area contributed by atoms with E-state index in [1.54, 1.807) is 0 Å². The molecule has 0 spiro atoms. The molecule has 1 unspecified atom stereocenters. The van der Waals surface area contributed by atoms with E-state index in [0.29, 0.717) is 0 Å². The number of ketones is 1. The van der Waals surface area contributed by atoms with E-state index in [2.05, 4.69) is 0 Å². The van der Waals surface area contributed by atoms with Crippen molar-refractivity contribution in [1.82, 2.24) is 0 Å². The molecule has 1 atom stereocenters. The van der Waals surface area contributed by atoms with Gasteiger partial charge in [0.25, 0.3) is 3.79 Å². The standard InChI is InChI=1S/C6Cl12O/c7-2(5(13,14)15,1(19)3(8,9)10)4(11,12)6(16,17)18. The smallest absolute Gasteiger partial charge is 0.250 e. The van der Waals surface area contributed by atoms with Gasteiger partial charge >= 0.3 is 0 Å². The second-order valence-electron chi connectivity index (χ2n) is 3.06. The van der Waals surface area contributed by atoms with Crippen molar-refractivity contribution in [3.05, 3.63) is 0 Å². The van der Waals surface area contributed by atoms with E-state index in [9.17, 15) is 4.79 Å². The Morgan fingerprint density at radius 1 is 0.579 bits per heavy atom. The Bertz CT molecular complexity index is 358. The maximum Gasteiger partial charge on any atom is 0.250 e. The molecule has 0 aliphatic rings. The summed E-state index contributed by atoms with van der Waals surface area (Å²) in [5.41, 5.74) is 0. The highest BCUT2D eigenvalue weighted by Gasteiger charge is 2.74. The molecule has 0 saturated heterocycles. The molecule has 0 heterocycles. The average molecular weight is 514 g/mol. The third-order valence-electron chi connectivity index (χ3n) is 1.75. The highest BCUT2D eigenvalue weighted by Crippen LogP contribution is 2.63. The lowest BCUT2D eigenvalue weighted by atomic mass is 10.0. The Hall–Kier alpha value is 3.15. The fourth-order valence-electron chi connectivity index (χ4n) is 0.840. The third-order valence-corrected chi connectivity index (χ3v) is 6.90. The van der Waals surface area contributed by atoms with E-state index >= 15 is 0 Å². The monoisotopic (exact) mass is 508 g/mol. The number of rotatable bonds is 2. The maximum absolute atomic E-state index is 12.1. The predicted octanol–water partition coefficient (Wildman–Crippen LogP) is 6.82. The van der Waals surface area contributed by atoms with Crippen LogP contribution in [0, 0.1) is 0 Å². The summed E-state index contributed by atoms with van der Waals surface area (Å²) >= 11 is 67.1. The van der Waals surface area contributed by atoms with Crippen molar-refractivity contribution < 1.29 is 4.79 Å². The number of carbonyl (C=O) groups is 1. The SMILES string of the molecule is O=C(C(Cl)(Cl)Cl)C(Cl)(C(Cl)(Cl)Cl)C(Cl)(Cl)C(Cl)(Cl)Cl.